The number of hydrogen-bond donors (Lipinski definition) is 0. The van der Waals surface area contributed by atoms with E-state index in [1.54, 1.807) is 0 Å². The van der Waals surface area contributed by atoms with Crippen molar-refractivity contribution in [2.75, 3.05) is 13.2 Å². The van der Waals surface area contributed by atoms with E-state index in [-0.39, 0.29) is 18.3 Å². The minimum absolute atomic E-state index is 0.0986. The summed E-state index contributed by atoms with van der Waals surface area (Å²) in [7, 11) is 0. The van der Waals surface area contributed by atoms with Crippen LogP contribution in [0.4, 0.5) is 0 Å². The third-order valence-electron chi connectivity index (χ3n) is 2.07. The number of ketones is 1. The Morgan fingerprint density at radius 1 is 1.31 bits per heavy atom. The first-order valence-corrected chi connectivity index (χ1v) is 5.18. The van der Waals surface area contributed by atoms with Gasteiger partial charge in [0.05, 0.1) is 0 Å². The van der Waals surface area contributed by atoms with Crippen LogP contribution < -0.4 is 0 Å². The number of rotatable bonds is 7. The quantitative estimate of drug-likeness (QED) is 0.611. The molecular weight excluding hydrogens is 164 g/mol. The van der Waals surface area contributed by atoms with Gasteiger partial charge in [0.1, 0.15) is 6.61 Å². The summed E-state index contributed by atoms with van der Waals surface area (Å²) in [6.07, 6.45) is 2.36. The monoisotopic (exact) mass is 186 g/mol. The summed E-state index contributed by atoms with van der Waals surface area (Å²) in [6, 6.07) is 0. The maximum absolute atomic E-state index is 11.2. The molecule has 78 valence electrons. The molecule has 0 aliphatic carbocycles. The third kappa shape index (κ3) is 6.76. The highest BCUT2D eigenvalue weighted by Gasteiger charge is 2.08. The Morgan fingerprint density at radius 2 is 1.92 bits per heavy atom. The number of carbonyl (C=O) groups is 1. The van der Waals surface area contributed by atoms with Crippen molar-refractivity contribution in [3.63, 3.8) is 0 Å². The molecule has 0 saturated carbocycles. The van der Waals surface area contributed by atoms with E-state index in [1.807, 2.05) is 13.8 Å². The lowest BCUT2D eigenvalue weighted by molar-refractivity contribution is -0.126. The zero-order valence-corrected chi connectivity index (χ0v) is 9.30. The van der Waals surface area contributed by atoms with Gasteiger partial charge >= 0.3 is 0 Å². The molecule has 0 aromatic rings. The predicted octanol–water partition coefficient (Wildman–Crippen LogP) is 2.66. The number of ether oxygens (including phenoxy) is 1. The van der Waals surface area contributed by atoms with Gasteiger partial charge in [-0.15, -0.1) is 0 Å². The highest BCUT2D eigenvalue weighted by Crippen LogP contribution is 2.05. The van der Waals surface area contributed by atoms with Crippen LogP contribution in [0.1, 0.15) is 40.5 Å². The van der Waals surface area contributed by atoms with E-state index in [2.05, 4.69) is 13.8 Å². The second-order valence-corrected chi connectivity index (χ2v) is 4.03. The van der Waals surface area contributed by atoms with Crippen LogP contribution in [0.5, 0.6) is 0 Å². The van der Waals surface area contributed by atoms with Gasteiger partial charge in [0.15, 0.2) is 5.78 Å². The first-order chi connectivity index (χ1) is 6.07. The van der Waals surface area contributed by atoms with Crippen LogP contribution >= 0.6 is 0 Å². The molecule has 1 atom stereocenters. The fourth-order valence-electron chi connectivity index (χ4n) is 1.10. The van der Waals surface area contributed by atoms with Crippen molar-refractivity contribution >= 4 is 5.78 Å². The van der Waals surface area contributed by atoms with E-state index < -0.39 is 0 Å². The number of hydrogen-bond acceptors (Lipinski definition) is 2. The first-order valence-electron chi connectivity index (χ1n) is 5.18. The molecule has 0 amide bonds. The van der Waals surface area contributed by atoms with Crippen molar-refractivity contribution in [3.8, 4) is 0 Å². The second-order valence-electron chi connectivity index (χ2n) is 4.03. The van der Waals surface area contributed by atoms with Crippen molar-refractivity contribution in [2.24, 2.45) is 11.8 Å². The summed E-state index contributed by atoms with van der Waals surface area (Å²) >= 11 is 0. The van der Waals surface area contributed by atoms with E-state index in [0.29, 0.717) is 12.5 Å². The van der Waals surface area contributed by atoms with Gasteiger partial charge in [0, 0.05) is 12.5 Å². The third-order valence-corrected chi connectivity index (χ3v) is 2.07. The van der Waals surface area contributed by atoms with Crippen LogP contribution in [0, 0.1) is 11.8 Å². The maximum atomic E-state index is 11.2. The van der Waals surface area contributed by atoms with Crippen LogP contribution in [-0.2, 0) is 9.53 Å². The Bertz CT molecular complexity index is 141. The average Bonchev–Trinajstić information content (AvgIpc) is 2.04. The van der Waals surface area contributed by atoms with E-state index in [9.17, 15) is 4.79 Å². The van der Waals surface area contributed by atoms with Gasteiger partial charge in [0.25, 0.3) is 0 Å². The van der Waals surface area contributed by atoms with Crippen LogP contribution in [0.3, 0.4) is 0 Å². The molecule has 0 aromatic carbocycles. The zero-order valence-electron chi connectivity index (χ0n) is 9.30. The second kappa shape index (κ2) is 7.07. The normalized spacial score (nSPS) is 13.3. The van der Waals surface area contributed by atoms with Crippen molar-refractivity contribution in [1.82, 2.24) is 0 Å². The average molecular weight is 186 g/mol. The van der Waals surface area contributed by atoms with Crippen LogP contribution in [0.25, 0.3) is 0 Å². The highest BCUT2D eigenvalue weighted by atomic mass is 16.5. The fraction of sp³-hybridized carbons (Fsp3) is 0.909. The van der Waals surface area contributed by atoms with Crippen molar-refractivity contribution in [3.05, 3.63) is 0 Å². The smallest absolute Gasteiger partial charge is 0.160 e. The van der Waals surface area contributed by atoms with Gasteiger partial charge in [-0.2, -0.15) is 0 Å². The largest absolute Gasteiger partial charge is 0.373 e. The molecule has 2 heteroatoms. The van der Waals surface area contributed by atoms with Gasteiger partial charge in [-0.25, -0.2) is 0 Å². The first kappa shape index (κ1) is 12.6. The summed E-state index contributed by atoms with van der Waals surface area (Å²) < 4.78 is 5.32. The molecule has 13 heavy (non-hydrogen) atoms. The van der Waals surface area contributed by atoms with E-state index in [1.165, 1.54) is 12.8 Å². The molecule has 1 unspecified atom stereocenters. The molecule has 0 fully saturated rings. The SMILES string of the molecule is CCCC(C)COCC(=O)C(C)C. The number of carbonyl (C=O) groups excluding carboxylic acids is 1. The Hall–Kier alpha value is -0.370. The van der Waals surface area contributed by atoms with Crippen LogP contribution in [0.15, 0.2) is 0 Å². The summed E-state index contributed by atoms with van der Waals surface area (Å²) in [6.45, 7) is 9.12. The standard InChI is InChI=1S/C11H22O2/c1-5-6-10(4)7-13-8-11(12)9(2)3/h9-10H,5-8H2,1-4H3. The molecule has 0 aliphatic heterocycles. The molecule has 0 spiro atoms. The summed E-state index contributed by atoms with van der Waals surface area (Å²) in [4.78, 5) is 11.2. The molecule has 0 N–H and O–H groups in total. The van der Waals surface area contributed by atoms with Gasteiger partial charge in [0.2, 0.25) is 0 Å². The van der Waals surface area contributed by atoms with Crippen LogP contribution in [-0.4, -0.2) is 19.0 Å². The summed E-state index contributed by atoms with van der Waals surface area (Å²) in [5, 5.41) is 0. The Balaban J connectivity index is 3.39. The lowest BCUT2D eigenvalue weighted by Crippen LogP contribution is -2.17. The van der Waals surface area contributed by atoms with Gasteiger partial charge in [-0.1, -0.05) is 34.1 Å². The molecule has 0 bridgehead atoms. The van der Waals surface area contributed by atoms with Gasteiger partial charge in [-0.3, -0.25) is 4.79 Å². The molecule has 0 radical (unpaired) electrons. The van der Waals surface area contributed by atoms with E-state index in [0.717, 1.165) is 0 Å². The molecule has 0 rings (SSSR count). The topological polar surface area (TPSA) is 26.3 Å². The molecule has 0 aliphatic rings. The van der Waals surface area contributed by atoms with Crippen molar-refractivity contribution < 1.29 is 9.53 Å². The minimum Gasteiger partial charge on any atom is -0.373 e. The maximum Gasteiger partial charge on any atom is 0.160 e. The lowest BCUT2D eigenvalue weighted by Gasteiger charge is -2.10. The minimum atomic E-state index is 0.0986. The van der Waals surface area contributed by atoms with Crippen molar-refractivity contribution in [1.29, 1.82) is 0 Å². The lowest BCUT2D eigenvalue weighted by atomic mass is 10.1. The number of Topliss-reactive ketones (excluding diaryl/α,β-unsaturated/α-hetero) is 1. The molecular formula is C11H22O2. The highest BCUT2D eigenvalue weighted by molar-refractivity contribution is 5.81. The molecule has 0 heterocycles. The Labute approximate surface area is 81.7 Å². The summed E-state index contributed by atoms with van der Waals surface area (Å²) in [5.74, 6) is 0.871. The zero-order chi connectivity index (χ0) is 10.3. The Kier molecular flexibility index (Phi) is 6.87. The van der Waals surface area contributed by atoms with Crippen LogP contribution in [0.2, 0.25) is 0 Å². The van der Waals surface area contributed by atoms with Gasteiger partial charge in [-0.05, 0) is 12.3 Å². The van der Waals surface area contributed by atoms with Gasteiger partial charge < -0.3 is 4.74 Å². The van der Waals surface area contributed by atoms with E-state index in [4.69, 9.17) is 4.74 Å². The Morgan fingerprint density at radius 3 is 2.38 bits per heavy atom. The predicted molar refractivity (Wildman–Crippen MR) is 54.7 cm³/mol. The molecule has 0 aromatic heterocycles. The van der Waals surface area contributed by atoms with Crippen molar-refractivity contribution in [2.45, 2.75) is 40.5 Å². The molecule has 0 saturated heterocycles. The summed E-state index contributed by atoms with van der Waals surface area (Å²) in [5.41, 5.74) is 0. The molecule has 2 nitrogen and oxygen atoms in total. The van der Waals surface area contributed by atoms with E-state index >= 15 is 0 Å². The fourth-order valence-corrected chi connectivity index (χ4v) is 1.10.